The summed E-state index contributed by atoms with van der Waals surface area (Å²) in [5, 5.41) is 3.44. The molecule has 1 unspecified atom stereocenters. The van der Waals surface area contributed by atoms with Crippen molar-refractivity contribution in [1.29, 1.82) is 0 Å². The number of aryl methyl sites for hydroxylation is 1. The number of hydrogen-bond donors (Lipinski definition) is 1. The van der Waals surface area contributed by atoms with Crippen molar-refractivity contribution in [3.8, 4) is 0 Å². The van der Waals surface area contributed by atoms with E-state index >= 15 is 0 Å². The molecule has 4 nitrogen and oxygen atoms in total. The van der Waals surface area contributed by atoms with Gasteiger partial charge >= 0.3 is 0 Å². The van der Waals surface area contributed by atoms with Crippen LogP contribution in [0, 0.1) is 12.8 Å². The molecule has 1 aromatic carbocycles. The van der Waals surface area contributed by atoms with E-state index < -0.39 is 0 Å². The van der Waals surface area contributed by atoms with Gasteiger partial charge in [0, 0.05) is 39.7 Å². The van der Waals surface area contributed by atoms with Gasteiger partial charge in [0.2, 0.25) is 0 Å². The quantitative estimate of drug-likeness (QED) is 0.675. The topological polar surface area (TPSA) is 36.9 Å². The molecule has 1 saturated heterocycles. The fraction of sp³-hybridized carbons (Fsp3) is 0.562. The SMILES string of the molecule is CN=C(NCc1ccccc1C)N(C)CC1CCOC1. The molecule has 2 rings (SSSR count). The Labute approximate surface area is 121 Å². The molecule has 0 radical (unpaired) electrons. The molecule has 20 heavy (non-hydrogen) atoms. The van der Waals surface area contributed by atoms with Gasteiger partial charge in [0.15, 0.2) is 5.96 Å². The average Bonchev–Trinajstić information content (AvgIpc) is 2.94. The number of rotatable bonds is 4. The van der Waals surface area contributed by atoms with Crippen LogP contribution in [0.4, 0.5) is 0 Å². The molecule has 1 heterocycles. The summed E-state index contributed by atoms with van der Waals surface area (Å²) in [6.45, 7) is 5.71. The number of aliphatic imine (C=N–C) groups is 1. The summed E-state index contributed by atoms with van der Waals surface area (Å²) < 4.78 is 5.43. The minimum Gasteiger partial charge on any atom is -0.381 e. The molecule has 1 N–H and O–H groups in total. The highest BCUT2D eigenvalue weighted by Crippen LogP contribution is 2.13. The lowest BCUT2D eigenvalue weighted by Gasteiger charge is -2.24. The Morgan fingerprint density at radius 1 is 1.45 bits per heavy atom. The maximum atomic E-state index is 5.43. The standard InChI is InChI=1S/C16H25N3O/c1-13-6-4-5-7-15(13)10-18-16(17-2)19(3)11-14-8-9-20-12-14/h4-7,14H,8-12H2,1-3H3,(H,17,18). The fourth-order valence-corrected chi connectivity index (χ4v) is 2.57. The summed E-state index contributed by atoms with van der Waals surface area (Å²) in [5.41, 5.74) is 2.62. The van der Waals surface area contributed by atoms with Gasteiger partial charge in [-0.05, 0) is 24.5 Å². The van der Waals surface area contributed by atoms with Gasteiger partial charge in [-0.25, -0.2) is 0 Å². The lowest BCUT2D eigenvalue weighted by Crippen LogP contribution is -2.41. The third-order valence-corrected chi connectivity index (χ3v) is 3.83. The summed E-state index contributed by atoms with van der Waals surface area (Å²) in [6.07, 6.45) is 1.15. The first-order valence-electron chi connectivity index (χ1n) is 7.24. The molecule has 0 aliphatic carbocycles. The second-order valence-electron chi connectivity index (χ2n) is 5.44. The van der Waals surface area contributed by atoms with E-state index in [0.29, 0.717) is 5.92 Å². The molecular formula is C16H25N3O. The van der Waals surface area contributed by atoms with E-state index in [-0.39, 0.29) is 0 Å². The van der Waals surface area contributed by atoms with Crippen LogP contribution in [-0.4, -0.2) is 44.7 Å². The van der Waals surface area contributed by atoms with Crippen molar-refractivity contribution in [2.75, 3.05) is 33.9 Å². The van der Waals surface area contributed by atoms with Crippen LogP contribution in [0.15, 0.2) is 29.3 Å². The van der Waals surface area contributed by atoms with Crippen LogP contribution >= 0.6 is 0 Å². The molecule has 0 amide bonds. The molecule has 0 aromatic heterocycles. The average molecular weight is 275 g/mol. The second-order valence-corrected chi connectivity index (χ2v) is 5.44. The predicted octanol–water partition coefficient (Wildman–Crippen LogP) is 2.04. The van der Waals surface area contributed by atoms with Crippen molar-refractivity contribution in [1.82, 2.24) is 10.2 Å². The first-order chi connectivity index (χ1) is 9.70. The van der Waals surface area contributed by atoms with Crippen molar-refractivity contribution in [2.24, 2.45) is 10.9 Å². The van der Waals surface area contributed by atoms with Gasteiger partial charge in [0.05, 0.1) is 6.61 Å². The lowest BCUT2D eigenvalue weighted by atomic mass is 10.1. The molecule has 1 aliphatic rings. The molecule has 110 valence electrons. The number of ether oxygens (including phenoxy) is 1. The molecule has 0 spiro atoms. The van der Waals surface area contributed by atoms with Gasteiger partial charge in [0.1, 0.15) is 0 Å². The van der Waals surface area contributed by atoms with Gasteiger partial charge < -0.3 is 15.0 Å². The Morgan fingerprint density at radius 3 is 2.90 bits per heavy atom. The summed E-state index contributed by atoms with van der Waals surface area (Å²) in [5.74, 6) is 1.57. The highest BCUT2D eigenvalue weighted by molar-refractivity contribution is 5.79. The van der Waals surface area contributed by atoms with E-state index in [0.717, 1.165) is 38.7 Å². The van der Waals surface area contributed by atoms with Crippen LogP contribution < -0.4 is 5.32 Å². The molecule has 1 atom stereocenters. The van der Waals surface area contributed by atoms with E-state index in [9.17, 15) is 0 Å². The Kier molecular flexibility index (Phi) is 5.41. The van der Waals surface area contributed by atoms with Gasteiger partial charge in [0.25, 0.3) is 0 Å². The highest BCUT2D eigenvalue weighted by atomic mass is 16.5. The first-order valence-corrected chi connectivity index (χ1v) is 7.24. The fourth-order valence-electron chi connectivity index (χ4n) is 2.57. The summed E-state index contributed by atoms with van der Waals surface area (Å²) in [4.78, 5) is 6.56. The van der Waals surface area contributed by atoms with Crippen LogP contribution in [0.3, 0.4) is 0 Å². The third-order valence-electron chi connectivity index (χ3n) is 3.83. The molecule has 1 fully saturated rings. The van der Waals surface area contributed by atoms with Crippen LogP contribution in [0.1, 0.15) is 17.5 Å². The molecule has 0 bridgehead atoms. The summed E-state index contributed by atoms with van der Waals surface area (Å²) in [6, 6.07) is 8.44. The van der Waals surface area contributed by atoms with Gasteiger partial charge in [-0.2, -0.15) is 0 Å². The predicted molar refractivity (Wildman–Crippen MR) is 82.9 cm³/mol. The van der Waals surface area contributed by atoms with Gasteiger partial charge in [-0.1, -0.05) is 24.3 Å². The minimum atomic E-state index is 0.622. The van der Waals surface area contributed by atoms with E-state index in [4.69, 9.17) is 4.74 Å². The van der Waals surface area contributed by atoms with Gasteiger partial charge in [-0.15, -0.1) is 0 Å². The number of guanidine groups is 1. The Bertz CT molecular complexity index is 453. The van der Waals surface area contributed by atoms with Crippen molar-refractivity contribution in [3.63, 3.8) is 0 Å². The van der Waals surface area contributed by atoms with Crippen LogP contribution in [-0.2, 0) is 11.3 Å². The Morgan fingerprint density at radius 2 is 2.25 bits per heavy atom. The maximum Gasteiger partial charge on any atom is 0.193 e. The number of nitrogens with one attached hydrogen (secondary N) is 1. The minimum absolute atomic E-state index is 0.622. The molecule has 1 aliphatic heterocycles. The van der Waals surface area contributed by atoms with Crippen molar-refractivity contribution >= 4 is 5.96 Å². The molecule has 4 heteroatoms. The lowest BCUT2D eigenvalue weighted by molar-refractivity contribution is 0.181. The Balaban J connectivity index is 1.87. The third kappa shape index (κ3) is 3.97. The van der Waals surface area contributed by atoms with E-state index in [1.807, 2.05) is 7.05 Å². The van der Waals surface area contributed by atoms with Crippen LogP contribution in [0.25, 0.3) is 0 Å². The maximum absolute atomic E-state index is 5.43. The number of hydrogen-bond acceptors (Lipinski definition) is 2. The van der Waals surface area contributed by atoms with E-state index in [1.54, 1.807) is 0 Å². The summed E-state index contributed by atoms with van der Waals surface area (Å²) in [7, 11) is 3.92. The zero-order valence-corrected chi connectivity index (χ0v) is 12.7. The zero-order valence-electron chi connectivity index (χ0n) is 12.7. The highest BCUT2D eigenvalue weighted by Gasteiger charge is 2.18. The van der Waals surface area contributed by atoms with Crippen molar-refractivity contribution in [2.45, 2.75) is 19.9 Å². The smallest absolute Gasteiger partial charge is 0.193 e. The normalized spacial score (nSPS) is 19.1. The Hall–Kier alpha value is -1.55. The molecular weight excluding hydrogens is 250 g/mol. The zero-order chi connectivity index (χ0) is 14.4. The molecule has 0 saturated carbocycles. The largest absolute Gasteiger partial charge is 0.381 e. The molecule has 1 aromatic rings. The van der Waals surface area contributed by atoms with Crippen LogP contribution in [0.2, 0.25) is 0 Å². The van der Waals surface area contributed by atoms with E-state index in [2.05, 4.69) is 53.4 Å². The second kappa shape index (κ2) is 7.29. The number of nitrogens with zero attached hydrogens (tertiary/aromatic N) is 2. The first kappa shape index (κ1) is 14.9. The number of benzene rings is 1. The monoisotopic (exact) mass is 275 g/mol. The van der Waals surface area contributed by atoms with Gasteiger partial charge in [-0.3, -0.25) is 4.99 Å². The van der Waals surface area contributed by atoms with Crippen molar-refractivity contribution < 1.29 is 4.74 Å². The van der Waals surface area contributed by atoms with Crippen LogP contribution in [0.5, 0.6) is 0 Å². The van der Waals surface area contributed by atoms with E-state index in [1.165, 1.54) is 11.1 Å². The van der Waals surface area contributed by atoms with Crippen molar-refractivity contribution in [3.05, 3.63) is 35.4 Å². The summed E-state index contributed by atoms with van der Waals surface area (Å²) >= 11 is 0.